The number of fused-ring (bicyclic) bond motifs is 1. The molecule has 3 aromatic heterocycles. The van der Waals surface area contributed by atoms with Crippen LogP contribution < -0.4 is 15.4 Å². The molecule has 0 amide bonds. The van der Waals surface area contributed by atoms with Crippen LogP contribution in [-0.4, -0.2) is 33.6 Å². The fourth-order valence-corrected chi connectivity index (χ4v) is 5.98. The number of sulfonamides is 1. The molecule has 0 bridgehead atoms. The Morgan fingerprint density at radius 3 is 2.70 bits per heavy atom. The highest BCUT2D eigenvalue weighted by Gasteiger charge is 2.35. The normalized spacial score (nSPS) is 13.6. The van der Waals surface area contributed by atoms with Crippen molar-refractivity contribution < 1.29 is 8.42 Å². The van der Waals surface area contributed by atoms with Gasteiger partial charge in [0.25, 0.3) is 0 Å². The van der Waals surface area contributed by atoms with E-state index in [0.717, 1.165) is 57.1 Å². The molecule has 0 saturated heterocycles. The van der Waals surface area contributed by atoms with Crippen LogP contribution in [0, 0.1) is 6.92 Å². The fourth-order valence-electron chi connectivity index (χ4n) is 3.95. The highest BCUT2D eigenvalue weighted by atomic mass is 32.2. The molecule has 1 aliphatic rings. The molecule has 0 unspecified atom stereocenters. The highest BCUT2D eigenvalue weighted by molar-refractivity contribution is 7.90. The topological polar surface area (TPSA) is 125 Å². The number of hydrogen-bond donors (Lipinski definition) is 4. The first-order valence-electron chi connectivity index (χ1n) is 11.9. The first kappa shape index (κ1) is 23.6. The lowest BCUT2D eigenvalue weighted by Crippen LogP contribution is -2.26. The maximum absolute atomic E-state index is 12.1. The second kappa shape index (κ2) is 9.58. The van der Waals surface area contributed by atoms with Crippen LogP contribution >= 0.6 is 11.3 Å². The van der Waals surface area contributed by atoms with Crippen molar-refractivity contribution in [2.75, 3.05) is 10.6 Å². The number of aromatic amines is 1. The Morgan fingerprint density at radius 1 is 1.03 bits per heavy atom. The zero-order valence-corrected chi connectivity index (χ0v) is 21.7. The predicted molar refractivity (Wildman–Crippen MR) is 148 cm³/mol. The monoisotopic (exact) mass is 531 g/mol. The summed E-state index contributed by atoms with van der Waals surface area (Å²) < 4.78 is 27.0. The molecule has 9 nitrogen and oxygen atoms in total. The van der Waals surface area contributed by atoms with Gasteiger partial charge in [0.05, 0.1) is 21.2 Å². The second-order valence-electron chi connectivity index (χ2n) is 9.04. The van der Waals surface area contributed by atoms with E-state index in [9.17, 15) is 8.42 Å². The molecule has 0 spiro atoms. The third-order valence-corrected chi connectivity index (χ3v) is 8.87. The van der Waals surface area contributed by atoms with Crippen molar-refractivity contribution in [3.63, 3.8) is 0 Å². The van der Waals surface area contributed by atoms with Gasteiger partial charge in [0, 0.05) is 29.7 Å². The van der Waals surface area contributed by atoms with Crippen LogP contribution in [0.1, 0.15) is 24.0 Å². The Morgan fingerprint density at radius 2 is 1.89 bits per heavy atom. The summed E-state index contributed by atoms with van der Waals surface area (Å²) in [6, 6.07) is 17.6. The number of thiophene rings is 1. The third-order valence-electron chi connectivity index (χ3n) is 6.10. The van der Waals surface area contributed by atoms with Crippen molar-refractivity contribution in [3.8, 4) is 10.7 Å². The zero-order valence-electron chi connectivity index (χ0n) is 20.0. The SMILES string of the molecule is Cc1cnc(Nc2ccc3[nH]c(-c4cccs4)nc3c2)nc1Nc1cccc(CNS(=O)(=O)C2CC2)c1. The molecule has 1 saturated carbocycles. The van der Waals surface area contributed by atoms with Gasteiger partial charge in [0.2, 0.25) is 16.0 Å². The molecule has 188 valence electrons. The Kier molecular flexibility index (Phi) is 6.11. The van der Waals surface area contributed by atoms with Gasteiger partial charge in [0.1, 0.15) is 11.6 Å². The molecule has 0 atom stereocenters. The van der Waals surface area contributed by atoms with E-state index in [1.807, 2.05) is 66.9 Å². The van der Waals surface area contributed by atoms with Gasteiger partial charge in [0.15, 0.2) is 0 Å². The first-order chi connectivity index (χ1) is 17.9. The van der Waals surface area contributed by atoms with Gasteiger partial charge < -0.3 is 15.6 Å². The van der Waals surface area contributed by atoms with Gasteiger partial charge in [-0.25, -0.2) is 23.1 Å². The minimum Gasteiger partial charge on any atom is -0.340 e. The molecular formula is C26H25N7O2S2. The van der Waals surface area contributed by atoms with Gasteiger partial charge in [-0.3, -0.25) is 0 Å². The summed E-state index contributed by atoms with van der Waals surface area (Å²) >= 11 is 1.64. The van der Waals surface area contributed by atoms with E-state index < -0.39 is 10.0 Å². The van der Waals surface area contributed by atoms with Gasteiger partial charge in [-0.2, -0.15) is 4.98 Å². The minimum absolute atomic E-state index is 0.236. The summed E-state index contributed by atoms with van der Waals surface area (Å²) in [5, 5.41) is 8.40. The second-order valence-corrected chi connectivity index (χ2v) is 12.0. The van der Waals surface area contributed by atoms with Crippen LogP contribution in [0.25, 0.3) is 21.7 Å². The average Bonchev–Trinajstić information content (AvgIpc) is 3.46. The lowest BCUT2D eigenvalue weighted by molar-refractivity contribution is 0.580. The molecule has 4 N–H and O–H groups in total. The van der Waals surface area contributed by atoms with Crippen LogP contribution in [0.4, 0.5) is 23.1 Å². The van der Waals surface area contributed by atoms with Gasteiger partial charge in [-0.15, -0.1) is 11.3 Å². The van der Waals surface area contributed by atoms with E-state index >= 15 is 0 Å². The maximum Gasteiger partial charge on any atom is 0.229 e. The Bertz CT molecular complexity index is 1680. The van der Waals surface area contributed by atoms with Crippen LogP contribution in [0.2, 0.25) is 0 Å². The quantitative estimate of drug-likeness (QED) is 0.199. The highest BCUT2D eigenvalue weighted by Crippen LogP contribution is 2.29. The molecule has 1 aliphatic carbocycles. The van der Waals surface area contributed by atoms with E-state index in [1.165, 1.54) is 0 Å². The zero-order chi connectivity index (χ0) is 25.4. The summed E-state index contributed by atoms with van der Waals surface area (Å²) in [5.41, 5.74) is 5.21. The molecule has 1 fully saturated rings. The van der Waals surface area contributed by atoms with Crippen LogP contribution in [0.3, 0.4) is 0 Å². The van der Waals surface area contributed by atoms with Crippen molar-refractivity contribution in [2.24, 2.45) is 0 Å². The Hall–Kier alpha value is -3.80. The molecule has 0 radical (unpaired) electrons. The van der Waals surface area contributed by atoms with Crippen molar-refractivity contribution in [2.45, 2.75) is 31.6 Å². The number of benzene rings is 2. The van der Waals surface area contributed by atoms with Gasteiger partial charge in [-0.1, -0.05) is 18.2 Å². The van der Waals surface area contributed by atoms with Crippen molar-refractivity contribution >= 4 is 55.5 Å². The predicted octanol–water partition coefficient (Wildman–Crippen LogP) is 5.46. The summed E-state index contributed by atoms with van der Waals surface area (Å²) in [6.07, 6.45) is 3.24. The number of nitrogens with one attached hydrogen (secondary N) is 4. The van der Waals surface area contributed by atoms with Crippen LogP contribution in [0.15, 0.2) is 66.2 Å². The molecule has 11 heteroatoms. The number of aryl methyl sites for hydroxylation is 1. The third kappa shape index (κ3) is 5.33. The van der Waals surface area contributed by atoms with E-state index in [0.29, 0.717) is 11.8 Å². The van der Waals surface area contributed by atoms with E-state index in [2.05, 4.69) is 30.3 Å². The number of H-pyrrole nitrogens is 1. The summed E-state index contributed by atoms with van der Waals surface area (Å²) in [4.78, 5) is 18.3. The largest absolute Gasteiger partial charge is 0.340 e. The van der Waals surface area contributed by atoms with E-state index in [4.69, 9.17) is 4.98 Å². The number of hydrogen-bond acceptors (Lipinski definition) is 8. The van der Waals surface area contributed by atoms with Crippen molar-refractivity contribution in [1.82, 2.24) is 24.7 Å². The van der Waals surface area contributed by atoms with E-state index in [1.54, 1.807) is 17.5 Å². The fraction of sp³-hybridized carbons (Fsp3) is 0.192. The average molecular weight is 532 g/mol. The van der Waals surface area contributed by atoms with E-state index in [-0.39, 0.29) is 11.8 Å². The molecule has 2 aromatic carbocycles. The Balaban J connectivity index is 1.17. The van der Waals surface area contributed by atoms with Gasteiger partial charge in [-0.05, 0) is 67.1 Å². The standard InChI is InChI=1S/C26H25N7O2S2/c1-16-14-27-26(30-19-7-10-21-22(13-19)32-25(31-21)23-6-3-11-36-23)33-24(16)29-18-5-2-4-17(12-18)15-28-37(34,35)20-8-9-20/h2-7,10-14,20,28H,8-9,15H2,1H3,(H,31,32)(H2,27,29,30,33). The molecule has 37 heavy (non-hydrogen) atoms. The molecule has 6 rings (SSSR count). The van der Waals surface area contributed by atoms with Crippen molar-refractivity contribution in [1.29, 1.82) is 0 Å². The number of anilines is 4. The Labute approximate surface area is 218 Å². The number of rotatable bonds is 9. The first-order valence-corrected chi connectivity index (χ1v) is 14.3. The van der Waals surface area contributed by atoms with Crippen LogP contribution in [0.5, 0.6) is 0 Å². The maximum atomic E-state index is 12.1. The summed E-state index contributed by atoms with van der Waals surface area (Å²) in [7, 11) is -3.23. The van der Waals surface area contributed by atoms with Crippen molar-refractivity contribution in [3.05, 3.63) is 77.3 Å². The molecular weight excluding hydrogens is 506 g/mol. The number of imidazole rings is 1. The summed E-state index contributed by atoms with van der Waals surface area (Å²) in [6.45, 7) is 2.19. The number of aromatic nitrogens is 4. The van der Waals surface area contributed by atoms with Gasteiger partial charge >= 0.3 is 0 Å². The lowest BCUT2D eigenvalue weighted by Gasteiger charge is -2.12. The smallest absolute Gasteiger partial charge is 0.229 e. The summed E-state index contributed by atoms with van der Waals surface area (Å²) in [5.74, 6) is 1.96. The molecule has 0 aliphatic heterocycles. The molecule has 5 aromatic rings. The minimum atomic E-state index is -3.23. The number of nitrogens with zero attached hydrogens (tertiary/aromatic N) is 3. The van der Waals surface area contributed by atoms with Crippen LogP contribution in [-0.2, 0) is 16.6 Å². The lowest BCUT2D eigenvalue weighted by atomic mass is 10.2. The molecule has 3 heterocycles.